The first-order valence-electron chi connectivity index (χ1n) is 7.68. The van der Waals surface area contributed by atoms with Gasteiger partial charge in [-0.2, -0.15) is 0 Å². The maximum atomic E-state index is 5.91. The molecule has 114 valence electrons. The minimum Gasteiger partial charge on any atom is -0.465 e. The molecule has 4 heteroatoms. The molecule has 20 heavy (non-hydrogen) atoms. The van der Waals surface area contributed by atoms with Gasteiger partial charge in [-0.3, -0.25) is 4.90 Å². The summed E-state index contributed by atoms with van der Waals surface area (Å²) in [5.74, 6) is 2.10. The van der Waals surface area contributed by atoms with E-state index in [-0.39, 0.29) is 0 Å². The lowest BCUT2D eigenvalue weighted by Gasteiger charge is -2.26. The number of methoxy groups -OCH3 is 1. The number of nitrogens with zero attached hydrogens (tertiary/aromatic N) is 1. The predicted molar refractivity (Wildman–Crippen MR) is 80.7 cm³/mol. The van der Waals surface area contributed by atoms with Gasteiger partial charge in [-0.15, -0.1) is 0 Å². The van der Waals surface area contributed by atoms with Gasteiger partial charge in [-0.25, -0.2) is 0 Å². The van der Waals surface area contributed by atoms with Crippen molar-refractivity contribution < 1.29 is 9.15 Å². The maximum Gasteiger partial charge on any atom is 0.118 e. The van der Waals surface area contributed by atoms with Gasteiger partial charge in [0.2, 0.25) is 0 Å². The smallest absolute Gasteiger partial charge is 0.118 e. The fourth-order valence-electron chi connectivity index (χ4n) is 2.51. The third kappa shape index (κ3) is 4.33. The monoisotopic (exact) mass is 280 g/mol. The highest BCUT2D eigenvalue weighted by Crippen LogP contribution is 2.22. The quantitative estimate of drug-likeness (QED) is 0.755. The minimum absolute atomic E-state index is 0.406. The number of aryl methyl sites for hydroxylation is 1. The predicted octanol–water partition coefficient (Wildman–Crippen LogP) is 2.70. The van der Waals surface area contributed by atoms with Crippen molar-refractivity contribution >= 4 is 0 Å². The Labute approximate surface area is 122 Å². The first kappa shape index (κ1) is 15.5. The van der Waals surface area contributed by atoms with E-state index in [9.17, 15) is 0 Å². The Balaban J connectivity index is 1.91. The molecule has 1 atom stereocenters. The van der Waals surface area contributed by atoms with E-state index >= 15 is 0 Å². The zero-order valence-electron chi connectivity index (χ0n) is 13.2. The van der Waals surface area contributed by atoms with E-state index in [1.165, 1.54) is 18.4 Å². The van der Waals surface area contributed by atoms with Gasteiger partial charge in [0.05, 0.1) is 13.2 Å². The molecule has 1 aromatic heterocycles. The van der Waals surface area contributed by atoms with E-state index < -0.39 is 0 Å². The van der Waals surface area contributed by atoms with Crippen LogP contribution in [0.2, 0.25) is 0 Å². The standard InChI is InChI=1S/C16H28N2O2/c1-5-18(12(2)11-19-4)10-16-8-14(13(3)20-16)9-17-15-6-7-15/h8,12,15,17H,5-7,9-11H2,1-4H3. The first-order valence-corrected chi connectivity index (χ1v) is 7.68. The van der Waals surface area contributed by atoms with Crippen LogP contribution in [0.25, 0.3) is 0 Å². The van der Waals surface area contributed by atoms with E-state index in [1.54, 1.807) is 7.11 Å². The number of hydrogen-bond donors (Lipinski definition) is 1. The molecule has 0 spiro atoms. The Kier molecular flexibility index (Phi) is 5.64. The van der Waals surface area contributed by atoms with Crippen molar-refractivity contribution in [1.82, 2.24) is 10.2 Å². The first-order chi connectivity index (χ1) is 9.63. The number of furan rings is 1. The van der Waals surface area contributed by atoms with Crippen molar-refractivity contribution in [2.75, 3.05) is 20.3 Å². The van der Waals surface area contributed by atoms with E-state index in [0.717, 1.165) is 43.8 Å². The summed E-state index contributed by atoms with van der Waals surface area (Å²) in [6.45, 7) is 9.97. The summed E-state index contributed by atoms with van der Waals surface area (Å²) in [5.41, 5.74) is 1.29. The third-order valence-corrected chi connectivity index (χ3v) is 4.03. The third-order valence-electron chi connectivity index (χ3n) is 4.03. The van der Waals surface area contributed by atoms with Crippen LogP contribution in [0, 0.1) is 6.92 Å². The molecule has 1 unspecified atom stereocenters. The molecule has 1 N–H and O–H groups in total. The molecular formula is C16H28N2O2. The molecule has 1 aliphatic rings. The number of nitrogens with one attached hydrogen (secondary N) is 1. The van der Waals surface area contributed by atoms with Crippen LogP contribution in [-0.2, 0) is 17.8 Å². The highest BCUT2D eigenvalue weighted by molar-refractivity contribution is 5.21. The molecule has 1 heterocycles. The molecule has 1 fully saturated rings. The second-order valence-corrected chi connectivity index (χ2v) is 5.82. The fourth-order valence-corrected chi connectivity index (χ4v) is 2.51. The Morgan fingerprint density at radius 1 is 1.50 bits per heavy atom. The van der Waals surface area contributed by atoms with Crippen molar-refractivity contribution in [2.24, 2.45) is 0 Å². The Hall–Kier alpha value is -0.840. The Morgan fingerprint density at radius 3 is 2.85 bits per heavy atom. The van der Waals surface area contributed by atoms with Crippen LogP contribution < -0.4 is 5.32 Å². The molecule has 0 aliphatic heterocycles. The highest BCUT2D eigenvalue weighted by atomic mass is 16.5. The normalized spacial score (nSPS) is 16.9. The Bertz CT molecular complexity index is 413. The van der Waals surface area contributed by atoms with Crippen molar-refractivity contribution in [3.05, 3.63) is 23.2 Å². The van der Waals surface area contributed by atoms with Crippen LogP contribution in [0.1, 0.15) is 43.8 Å². The molecule has 0 aromatic carbocycles. The molecule has 2 rings (SSSR count). The fraction of sp³-hybridized carbons (Fsp3) is 0.750. The molecule has 0 saturated heterocycles. The average molecular weight is 280 g/mol. The summed E-state index contributed by atoms with van der Waals surface area (Å²) < 4.78 is 11.1. The summed E-state index contributed by atoms with van der Waals surface area (Å²) in [6.07, 6.45) is 2.64. The van der Waals surface area contributed by atoms with Gasteiger partial charge >= 0.3 is 0 Å². The lowest BCUT2D eigenvalue weighted by molar-refractivity contribution is 0.0934. The minimum atomic E-state index is 0.406. The summed E-state index contributed by atoms with van der Waals surface area (Å²) in [5, 5.41) is 3.54. The molecule has 0 radical (unpaired) electrons. The summed E-state index contributed by atoms with van der Waals surface area (Å²) in [6, 6.07) is 3.34. The van der Waals surface area contributed by atoms with Crippen molar-refractivity contribution in [1.29, 1.82) is 0 Å². The molecule has 1 aliphatic carbocycles. The highest BCUT2D eigenvalue weighted by Gasteiger charge is 2.21. The van der Waals surface area contributed by atoms with Crippen molar-refractivity contribution in [3.8, 4) is 0 Å². The van der Waals surface area contributed by atoms with E-state index in [0.29, 0.717) is 6.04 Å². The largest absolute Gasteiger partial charge is 0.465 e. The van der Waals surface area contributed by atoms with Gasteiger partial charge in [-0.1, -0.05) is 6.92 Å². The summed E-state index contributed by atoms with van der Waals surface area (Å²) in [4.78, 5) is 2.37. The summed E-state index contributed by atoms with van der Waals surface area (Å²) in [7, 11) is 1.75. The zero-order valence-corrected chi connectivity index (χ0v) is 13.2. The van der Waals surface area contributed by atoms with Crippen LogP contribution in [0.3, 0.4) is 0 Å². The number of rotatable bonds is 9. The van der Waals surface area contributed by atoms with Crippen molar-refractivity contribution in [2.45, 2.75) is 58.8 Å². The van der Waals surface area contributed by atoms with Crippen LogP contribution in [-0.4, -0.2) is 37.2 Å². The summed E-state index contributed by atoms with van der Waals surface area (Å²) >= 11 is 0. The van der Waals surface area contributed by atoms with Gasteiger partial charge in [0.1, 0.15) is 11.5 Å². The molecule has 4 nitrogen and oxygen atoms in total. The van der Waals surface area contributed by atoms with Crippen LogP contribution >= 0.6 is 0 Å². The second kappa shape index (κ2) is 7.25. The van der Waals surface area contributed by atoms with E-state index in [4.69, 9.17) is 9.15 Å². The SMILES string of the molecule is CCN(Cc1cc(CNC2CC2)c(C)o1)C(C)COC. The number of hydrogen-bond acceptors (Lipinski definition) is 4. The van der Waals surface area contributed by atoms with Gasteiger partial charge in [-0.05, 0) is 39.3 Å². The lowest BCUT2D eigenvalue weighted by atomic mass is 10.2. The Morgan fingerprint density at radius 2 is 2.25 bits per heavy atom. The van der Waals surface area contributed by atoms with Crippen LogP contribution in [0.4, 0.5) is 0 Å². The number of likely N-dealkylation sites (N-methyl/N-ethyl adjacent to an activating group) is 1. The topological polar surface area (TPSA) is 37.6 Å². The molecule has 1 aromatic rings. The van der Waals surface area contributed by atoms with Gasteiger partial charge in [0, 0.05) is 31.3 Å². The molecule has 0 amide bonds. The van der Waals surface area contributed by atoms with E-state index in [1.807, 2.05) is 0 Å². The van der Waals surface area contributed by atoms with Gasteiger partial charge in [0.25, 0.3) is 0 Å². The maximum absolute atomic E-state index is 5.91. The van der Waals surface area contributed by atoms with E-state index in [2.05, 4.69) is 37.1 Å². The molecular weight excluding hydrogens is 252 g/mol. The van der Waals surface area contributed by atoms with Gasteiger partial charge < -0.3 is 14.5 Å². The molecule has 1 saturated carbocycles. The zero-order chi connectivity index (χ0) is 14.5. The lowest BCUT2D eigenvalue weighted by Crippen LogP contribution is -2.35. The van der Waals surface area contributed by atoms with Crippen molar-refractivity contribution in [3.63, 3.8) is 0 Å². The molecule has 0 bridgehead atoms. The average Bonchev–Trinajstić information content (AvgIpc) is 3.18. The van der Waals surface area contributed by atoms with Crippen LogP contribution in [0.15, 0.2) is 10.5 Å². The van der Waals surface area contributed by atoms with Crippen LogP contribution in [0.5, 0.6) is 0 Å². The number of ether oxygens (including phenoxy) is 1. The van der Waals surface area contributed by atoms with Gasteiger partial charge in [0.15, 0.2) is 0 Å². The second-order valence-electron chi connectivity index (χ2n) is 5.82.